The van der Waals surface area contributed by atoms with Crippen LogP contribution in [0.1, 0.15) is 91.6 Å². The van der Waals surface area contributed by atoms with Gasteiger partial charge in [0, 0.05) is 22.5 Å². The molecule has 2 aromatic rings. The highest BCUT2D eigenvalue weighted by atomic mass is 16.1. The Labute approximate surface area is 170 Å². The molecule has 0 aliphatic heterocycles. The number of aryl methyl sites for hydroxylation is 4. The maximum Gasteiger partial charge on any atom is 0.193 e. The van der Waals surface area contributed by atoms with Gasteiger partial charge in [0.05, 0.1) is 0 Å². The number of carbonyl (C=O) groups is 1. The van der Waals surface area contributed by atoms with Crippen LogP contribution in [-0.2, 0) is 25.7 Å². The standard InChI is InChI=1S/C25H36N2O/c1-5-9-17-13-21(14-18(10-6-2)23(17)26)25(28)22-15-19(11-7-3)24(27)20(16-22)12-8-4/h13-16H,5-12,26-27H2,1-4H3. The molecule has 0 heterocycles. The molecule has 0 aliphatic carbocycles. The number of carbonyl (C=O) groups excluding carboxylic acids is 1. The summed E-state index contributed by atoms with van der Waals surface area (Å²) in [5.74, 6) is 0.0735. The fourth-order valence-corrected chi connectivity index (χ4v) is 3.89. The van der Waals surface area contributed by atoms with Crippen LogP contribution in [0.3, 0.4) is 0 Å². The molecule has 0 aromatic heterocycles. The summed E-state index contributed by atoms with van der Waals surface area (Å²) >= 11 is 0. The van der Waals surface area contributed by atoms with Crippen LogP contribution in [0.2, 0.25) is 0 Å². The first-order valence-corrected chi connectivity index (χ1v) is 10.8. The molecule has 4 N–H and O–H groups in total. The number of nitrogen functional groups attached to an aromatic ring is 2. The summed E-state index contributed by atoms with van der Waals surface area (Å²) in [5, 5.41) is 0. The zero-order valence-corrected chi connectivity index (χ0v) is 18.0. The molecular weight excluding hydrogens is 344 g/mol. The fraction of sp³-hybridized carbons (Fsp3) is 0.480. The number of rotatable bonds is 10. The Balaban J connectivity index is 2.55. The largest absolute Gasteiger partial charge is 0.398 e. The summed E-state index contributed by atoms with van der Waals surface area (Å²) in [6.45, 7) is 8.56. The average Bonchev–Trinajstić information content (AvgIpc) is 2.68. The van der Waals surface area contributed by atoms with Crippen molar-refractivity contribution in [1.82, 2.24) is 0 Å². The van der Waals surface area contributed by atoms with Gasteiger partial charge in [0.2, 0.25) is 0 Å². The second-order valence-corrected chi connectivity index (χ2v) is 7.75. The third kappa shape index (κ3) is 4.95. The van der Waals surface area contributed by atoms with Crippen molar-refractivity contribution in [3.63, 3.8) is 0 Å². The van der Waals surface area contributed by atoms with Gasteiger partial charge in [-0.25, -0.2) is 0 Å². The Hall–Kier alpha value is -2.29. The zero-order valence-electron chi connectivity index (χ0n) is 18.0. The second-order valence-electron chi connectivity index (χ2n) is 7.75. The fourth-order valence-electron chi connectivity index (χ4n) is 3.89. The normalized spacial score (nSPS) is 11.0. The molecule has 0 saturated heterocycles. The van der Waals surface area contributed by atoms with Crippen LogP contribution in [0.15, 0.2) is 24.3 Å². The summed E-state index contributed by atoms with van der Waals surface area (Å²) in [7, 11) is 0. The van der Waals surface area contributed by atoms with Crippen molar-refractivity contribution in [3.8, 4) is 0 Å². The van der Waals surface area contributed by atoms with Crippen molar-refractivity contribution in [2.45, 2.75) is 79.1 Å². The Morgan fingerprint density at radius 3 is 1.07 bits per heavy atom. The molecule has 2 aromatic carbocycles. The molecular formula is C25H36N2O. The van der Waals surface area contributed by atoms with Crippen molar-refractivity contribution in [1.29, 1.82) is 0 Å². The van der Waals surface area contributed by atoms with Crippen molar-refractivity contribution in [3.05, 3.63) is 57.6 Å². The Kier molecular flexibility index (Phi) is 8.10. The van der Waals surface area contributed by atoms with Crippen LogP contribution in [0.5, 0.6) is 0 Å². The van der Waals surface area contributed by atoms with Crippen molar-refractivity contribution >= 4 is 17.2 Å². The van der Waals surface area contributed by atoms with E-state index in [1.165, 1.54) is 0 Å². The first-order chi connectivity index (χ1) is 13.5. The zero-order chi connectivity index (χ0) is 20.7. The van der Waals surface area contributed by atoms with E-state index < -0.39 is 0 Å². The molecule has 0 fully saturated rings. The molecule has 0 bridgehead atoms. The minimum atomic E-state index is 0.0735. The molecule has 0 amide bonds. The summed E-state index contributed by atoms with van der Waals surface area (Å²) in [5.41, 5.74) is 20.3. The SMILES string of the molecule is CCCc1cc(C(=O)c2cc(CCC)c(N)c(CCC)c2)cc(CCC)c1N. The van der Waals surface area contributed by atoms with Gasteiger partial charge in [-0.3, -0.25) is 4.79 Å². The van der Waals surface area contributed by atoms with Gasteiger partial charge in [0.15, 0.2) is 5.78 Å². The molecule has 0 atom stereocenters. The number of anilines is 2. The molecule has 0 spiro atoms. The highest BCUT2D eigenvalue weighted by molar-refractivity contribution is 6.10. The predicted octanol–water partition coefficient (Wildman–Crippen LogP) is 5.89. The van der Waals surface area contributed by atoms with Gasteiger partial charge in [-0.1, -0.05) is 53.4 Å². The maximum atomic E-state index is 13.4. The van der Waals surface area contributed by atoms with Crippen molar-refractivity contribution in [2.75, 3.05) is 11.5 Å². The molecule has 3 nitrogen and oxygen atoms in total. The molecule has 0 saturated carbocycles. The summed E-state index contributed by atoms with van der Waals surface area (Å²) in [6.07, 6.45) is 7.63. The van der Waals surface area contributed by atoms with Crippen LogP contribution >= 0.6 is 0 Å². The Morgan fingerprint density at radius 2 is 0.857 bits per heavy atom. The lowest BCUT2D eigenvalue weighted by atomic mass is 9.90. The Bertz CT molecular complexity index is 702. The molecule has 0 radical (unpaired) electrons. The minimum absolute atomic E-state index is 0.0735. The topological polar surface area (TPSA) is 69.1 Å². The van der Waals surface area contributed by atoms with Crippen molar-refractivity contribution in [2.24, 2.45) is 0 Å². The van der Waals surface area contributed by atoms with Crippen LogP contribution in [0, 0.1) is 0 Å². The number of hydrogen-bond acceptors (Lipinski definition) is 3. The molecule has 0 unspecified atom stereocenters. The van der Waals surface area contributed by atoms with Gasteiger partial charge in [-0.2, -0.15) is 0 Å². The first kappa shape index (κ1) is 22.0. The van der Waals surface area contributed by atoms with E-state index in [4.69, 9.17) is 11.5 Å². The third-order valence-electron chi connectivity index (χ3n) is 5.30. The summed E-state index contributed by atoms with van der Waals surface area (Å²) < 4.78 is 0. The smallest absolute Gasteiger partial charge is 0.193 e. The highest BCUT2D eigenvalue weighted by Crippen LogP contribution is 2.28. The summed E-state index contributed by atoms with van der Waals surface area (Å²) in [6, 6.07) is 7.98. The quantitative estimate of drug-likeness (QED) is 0.399. The molecule has 2 rings (SSSR count). The third-order valence-corrected chi connectivity index (χ3v) is 5.30. The van der Waals surface area contributed by atoms with Crippen LogP contribution in [0.25, 0.3) is 0 Å². The highest BCUT2D eigenvalue weighted by Gasteiger charge is 2.17. The van der Waals surface area contributed by atoms with E-state index in [9.17, 15) is 4.79 Å². The molecule has 28 heavy (non-hydrogen) atoms. The van der Waals surface area contributed by atoms with Gasteiger partial charge < -0.3 is 11.5 Å². The summed E-state index contributed by atoms with van der Waals surface area (Å²) in [4.78, 5) is 13.4. The molecule has 3 heteroatoms. The predicted molar refractivity (Wildman–Crippen MR) is 121 cm³/mol. The van der Waals surface area contributed by atoms with E-state index in [1.807, 2.05) is 24.3 Å². The van der Waals surface area contributed by atoms with Gasteiger partial charge in [-0.15, -0.1) is 0 Å². The molecule has 152 valence electrons. The Morgan fingerprint density at radius 1 is 0.607 bits per heavy atom. The van der Waals surface area contributed by atoms with E-state index in [2.05, 4.69) is 27.7 Å². The molecule has 0 aliphatic rings. The van der Waals surface area contributed by atoms with Crippen molar-refractivity contribution < 1.29 is 4.79 Å². The van der Waals surface area contributed by atoms with E-state index >= 15 is 0 Å². The monoisotopic (exact) mass is 380 g/mol. The van der Waals surface area contributed by atoms with E-state index in [0.29, 0.717) is 0 Å². The maximum absolute atomic E-state index is 13.4. The number of ketones is 1. The van der Waals surface area contributed by atoms with E-state index in [0.717, 1.165) is 96.1 Å². The van der Waals surface area contributed by atoms with Crippen LogP contribution < -0.4 is 11.5 Å². The number of benzene rings is 2. The van der Waals surface area contributed by atoms with E-state index in [-0.39, 0.29) is 5.78 Å². The van der Waals surface area contributed by atoms with Crippen LogP contribution in [0.4, 0.5) is 11.4 Å². The number of nitrogens with two attached hydrogens (primary N) is 2. The number of hydrogen-bond donors (Lipinski definition) is 2. The minimum Gasteiger partial charge on any atom is -0.398 e. The lowest BCUT2D eigenvalue weighted by Gasteiger charge is -2.16. The van der Waals surface area contributed by atoms with Gasteiger partial charge in [-0.05, 0) is 72.2 Å². The lowest BCUT2D eigenvalue weighted by Crippen LogP contribution is -2.10. The van der Waals surface area contributed by atoms with Crippen LogP contribution in [-0.4, -0.2) is 5.78 Å². The average molecular weight is 381 g/mol. The first-order valence-electron chi connectivity index (χ1n) is 10.8. The van der Waals surface area contributed by atoms with E-state index in [1.54, 1.807) is 0 Å². The van der Waals surface area contributed by atoms with Gasteiger partial charge in [0.1, 0.15) is 0 Å². The van der Waals surface area contributed by atoms with Gasteiger partial charge in [0.25, 0.3) is 0 Å². The van der Waals surface area contributed by atoms with Gasteiger partial charge >= 0.3 is 0 Å². The second kappa shape index (κ2) is 10.3. The lowest BCUT2D eigenvalue weighted by molar-refractivity contribution is 0.103.